The third-order valence-electron chi connectivity index (χ3n) is 11.4. The third kappa shape index (κ3) is 17.6. The van der Waals surface area contributed by atoms with Gasteiger partial charge in [0, 0.05) is 6.42 Å². The summed E-state index contributed by atoms with van der Waals surface area (Å²) < 4.78 is 33.9. The summed E-state index contributed by atoms with van der Waals surface area (Å²) in [6.07, 6.45) is -1.94. The second-order valence-corrected chi connectivity index (χ2v) is 16.5. The zero-order valence-corrected chi connectivity index (χ0v) is 36.8. The first-order chi connectivity index (χ1) is 30.3. The SMILES string of the molecule is CCC/C=C\C/C=C\CCCCCCCC(=O)NC(COC1OC(CO)C(OC2OC(CO)C(OC3OC(CO)C(O)C(O)C3O)C(O)C2O)C(O)C1O)C(O)/C=C/CCCCC. The van der Waals surface area contributed by atoms with E-state index < -0.39 is 124 Å². The lowest BCUT2D eigenvalue weighted by Crippen LogP contribution is -2.66. The summed E-state index contributed by atoms with van der Waals surface area (Å²) in [6, 6.07) is -0.973. The highest BCUT2D eigenvalue weighted by atomic mass is 16.8. The third-order valence-corrected chi connectivity index (χ3v) is 11.4. The van der Waals surface area contributed by atoms with Gasteiger partial charge >= 0.3 is 0 Å². The molecular weight excluding hydrogens is 830 g/mol. The Labute approximate surface area is 370 Å². The summed E-state index contributed by atoms with van der Waals surface area (Å²) in [5, 5.41) is 119. The first kappa shape index (κ1) is 55.3. The number of nitrogens with one attached hydrogen (secondary N) is 1. The number of aliphatic hydroxyl groups excluding tert-OH is 11. The molecule has 3 aliphatic rings. The molecule has 3 fully saturated rings. The van der Waals surface area contributed by atoms with Crippen molar-refractivity contribution in [1.82, 2.24) is 5.32 Å². The molecule has 0 saturated carbocycles. The molecule has 0 aromatic heterocycles. The monoisotopic (exact) mass is 908 g/mol. The largest absolute Gasteiger partial charge is 0.394 e. The van der Waals surface area contributed by atoms with E-state index in [2.05, 4.69) is 43.5 Å². The van der Waals surface area contributed by atoms with Gasteiger partial charge in [-0.25, -0.2) is 0 Å². The number of ether oxygens (including phenoxy) is 6. The molecule has 0 aliphatic carbocycles. The maximum atomic E-state index is 13.0. The molecule has 3 saturated heterocycles. The van der Waals surface area contributed by atoms with E-state index in [1.54, 1.807) is 6.08 Å². The molecule has 3 heterocycles. The summed E-state index contributed by atoms with van der Waals surface area (Å²) in [5.74, 6) is -0.303. The molecule has 0 aromatic carbocycles. The summed E-state index contributed by atoms with van der Waals surface area (Å²) in [5.41, 5.74) is 0. The minimum absolute atomic E-state index is 0.224. The van der Waals surface area contributed by atoms with Crippen molar-refractivity contribution >= 4 is 5.91 Å². The maximum absolute atomic E-state index is 13.0. The van der Waals surface area contributed by atoms with Crippen molar-refractivity contribution in [3.63, 3.8) is 0 Å². The van der Waals surface area contributed by atoms with E-state index in [0.29, 0.717) is 6.42 Å². The molecule has 0 spiro atoms. The Hall–Kier alpha value is -1.99. The predicted molar refractivity (Wildman–Crippen MR) is 226 cm³/mol. The highest BCUT2D eigenvalue weighted by Gasteiger charge is 2.53. The smallest absolute Gasteiger partial charge is 0.220 e. The average Bonchev–Trinajstić information content (AvgIpc) is 3.28. The van der Waals surface area contributed by atoms with Crippen LogP contribution in [-0.4, -0.2) is 193 Å². The number of carbonyl (C=O) groups excluding carboxylic acids is 1. The standard InChI is InChI=1S/C44H77NO18/c1-3-5-7-9-10-11-12-13-14-15-16-18-20-22-32(50)45-27(28(49)21-19-17-8-6-4-2)26-58-42-38(56)35(53)40(30(24-47)60-42)63-44-39(57)36(54)41(31(25-48)61-44)62-43-37(55)34(52)33(51)29(23-46)59-43/h7,9,11-12,19,21,27-31,33-44,46-49,51-57H,3-6,8,10,13-18,20,22-26H2,1-2H3,(H,45,50)/b9-7-,12-11-,21-19+. The van der Waals surface area contributed by atoms with Crippen molar-refractivity contribution in [3.05, 3.63) is 36.5 Å². The number of allylic oxidation sites excluding steroid dienone is 5. The lowest BCUT2D eigenvalue weighted by atomic mass is 9.96. The Bertz CT molecular complexity index is 1320. The molecule has 17 unspecified atom stereocenters. The van der Waals surface area contributed by atoms with E-state index in [-0.39, 0.29) is 18.9 Å². The zero-order chi connectivity index (χ0) is 46.3. The Balaban J connectivity index is 1.56. The van der Waals surface area contributed by atoms with Crippen LogP contribution in [0.5, 0.6) is 0 Å². The fourth-order valence-electron chi connectivity index (χ4n) is 7.52. The normalized spacial score (nSPS) is 35.2. The molecule has 19 nitrogen and oxygen atoms in total. The van der Waals surface area contributed by atoms with E-state index >= 15 is 0 Å². The highest BCUT2D eigenvalue weighted by Crippen LogP contribution is 2.33. The predicted octanol–water partition coefficient (Wildman–Crippen LogP) is -0.533. The number of rotatable bonds is 29. The molecule has 12 N–H and O–H groups in total. The van der Waals surface area contributed by atoms with Gasteiger partial charge in [0.2, 0.25) is 5.91 Å². The van der Waals surface area contributed by atoms with Crippen LogP contribution in [0.2, 0.25) is 0 Å². The van der Waals surface area contributed by atoms with E-state index in [1.165, 1.54) is 0 Å². The number of amides is 1. The van der Waals surface area contributed by atoms with Gasteiger partial charge in [0.15, 0.2) is 18.9 Å². The van der Waals surface area contributed by atoms with Crippen LogP contribution in [0.3, 0.4) is 0 Å². The topological polar surface area (TPSA) is 307 Å². The molecule has 17 atom stereocenters. The van der Waals surface area contributed by atoms with Gasteiger partial charge in [0.1, 0.15) is 73.2 Å². The molecule has 3 aliphatic heterocycles. The first-order valence-corrected chi connectivity index (χ1v) is 22.7. The lowest BCUT2D eigenvalue weighted by Gasteiger charge is -2.48. The van der Waals surface area contributed by atoms with Gasteiger partial charge < -0.3 is 89.9 Å². The molecule has 0 aromatic rings. The Kier molecular flexibility index (Phi) is 26.6. The summed E-state index contributed by atoms with van der Waals surface area (Å²) in [4.78, 5) is 13.0. The summed E-state index contributed by atoms with van der Waals surface area (Å²) in [6.45, 7) is 1.45. The molecule has 1 amide bonds. The summed E-state index contributed by atoms with van der Waals surface area (Å²) >= 11 is 0. The van der Waals surface area contributed by atoms with E-state index in [0.717, 1.165) is 77.0 Å². The van der Waals surface area contributed by atoms with Gasteiger partial charge in [-0.15, -0.1) is 0 Å². The van der Waals surface area contributed by atoms with Gasteiger partial charge in [-0.05, 0) is 44.9 Å². The van der Waals surface area contributed by atoms with Gasteiger partial charge in [-0.2, -0.15) is 0 Å². The van der Waals surface area contributed by atoms with Gasteiger partial charge in [0.05, 0.1) is 38.6 Å². The quantitative estimate of drug-likeness (QED) is 0.0332. The molecule has 0 bridgehead atoms. The van der Waals surface area contributed by atoms with Crippen LogP contribution in [0, 0.1) is 0 Å². The Morgan fingerprint density at radius 2 is 1.08 bits per heavy atom. The van der Waals surface area contributed by atoms with E-state index in [1.807, 2.05) is 6.08 Å². The van der Waals surface area contributed by atoms with Crippen molar-refractivity contribution in [2.45, 2.75) is 208 Å². The van der Waals surface area contributed by atoms with Crippen LogP contribution >= 0.6 is 0 Å². The van der Waals surface area contributed by atoms with Crippen LogP contribution in [0.4, 0.5) is 0 Å². The van der Waals surface area contributed by atoms with Crippen LogP contribution in [0.15, 0.2) is 36.5 Å². The number of unbranched alkanes of at least 4 members (excludes halogenated alkanes) is 9. The highest BCUT2D eigenvalue weighted by molar-refractivity contribution is 5.76. The summed E-state index contributed by atoms with van der Waals surface area (Å²) in [7, 11) is 0. The maximum Gasteiger partial charge on any atom is 0.220 e. The number of carbonyl (C=O) groups is 1. The molecule has 3 rings (SSSR count). The van der Waals surface area contributed by atoms with Crippen molar-refractivity contribution in [3.8, 4) is 0 Å². The molecule has 19 heteroatoms. The number of aliphatic hydroxyl groups is 11. The van der Waals surface area contributed by atoms with Crippen molar-refractivity contribution < 1.29 is 89.4 Å². The minimum atomic E-state index is -1.98. The van der Waals surface area contributed by atoms with Crippen molar-refractivity contribution in [2.24, 2.45) is 0 Å². The lowest BCUT2D eigenvalue weighted by molar-refractivity contribution is -0.379. The van der Waals surface area contributed by atoms with E-state index in [9.17, 15) is 61.0 Å². The fraction of sp³-hybridized carbons (Fsp3) is 0.841. The van der Waals surface area contributed by atoms with E-state index in [4.69, 9.17) is 28.4 Å². The average molecular weight is 908 g/mol. The Morgan fingerprint density at radius 1 is 0.571 bits per heavy atom. The molecule has 63 heavy (non-hydrogen) atoms. The second-order valence-electron chi connectivity index (χ2n) is 16.5. The van der Waals surface area contributed by atoms with Gasteiger partial charge in [-0.3, -0.25) is 4.79 Å². The van der Waals surface area contributed by atoms with Crippen molar-refractivity contribution in [2.75, 3.05) is 26.4 Å². The second kappa shape index (κ2) is 30.3. The molecular formula is C44H77NO18. The van der Waals surface area contributed by atoms with Gasteiger partial charge in [0.25, 0.3) is 0 Å². The Morgan fingerprint density at radius 3 is 1.68 bits per heavy atom. The molecule has 366 valence electrons. The van der Waals surface area contributed by atoms with Gasteiger partial charge in [-0.1, -0.05) is 88.8 Å². The van der Waals surface area contributed by atoms with Crippen LogP contribution in [-0.2, 0) is 33.2 Å². The number of hydrogen-bond donors (Lipinski definition) is 12. The van der Waals surface area contributed by atoms with Crippen LogP contribution in [0.1, 0.15) is 104 Å². The van der Waals surface area contributed by atoms with Crippen LogP contribution in [0.25, 0.3) is 0 Å². The zero-order valence-electron chi connectivity index (χ0n) is 36.8. The minimum Gasteiger partial charge on any atom is -0.394 e. The van der Waals surface area contributed by atoms with Crippen LogP contribution < -0.4 is 5.32 Å². The fourth-order valence-corrected chi connectivity index (χ4v) is 7.52. The molecule has 0 radical (unpaired) electrons. The number of hydrogen-bond acceptors (Lipinski definition) is 18. The first-order valence-electron chi connectivity index (χ1n) is 22.7. The van der Waals surface area contributed by atoms with Crippen molar-refractivity contribution in [1.29, 1.82) is 0 Å².